The Morgan fingerprint density at radius 2 is 2.03 bits per heavy atom. The number of carbonyl (C=O) groups is 2. The second-order valence-corrected chi connectivity index (χ2v) is 10.1. The van der Waals surface area contributed by atoms with Crippen LogP contribution in [-0.4, -0.2) is 59.4 Å². The summed E-state index contributed by atoms with van der Waals surface area (Å²) in [5, 5.41) is 12.9. The number of hydrogen-bond acceptors (Lipinski definition) is 5. The smallest absolute Gasteiger partial charge is 0.326 e. The summed E-state index contributed by atoms with van der Waals surface area (Å²) < 4.78 is 6.12. The molecule has 2 aromatic rings. The van der Waals surface area contributed by atoms with E-state index in [1.807, 2.05) is 50.3 Å². The van der Waals surface area contributed by atoms with Gasteiger partial charge in [0.05, 0.1) is 29.3 Å². The highest BCUT2D eigenvalue weighted by Gasteiger charge is 2.45. The number of nitrogens with one attached hydrogen (secondary N) is 1. The number of rotatable bonds is 5. The molecule has 0 aromatic heterocycles. The predicted molar refractivity (Wildman–Crippen MR) is 145 cm³/mol. The number of hydrogen-bond donors (Lipinski definition) is 1. The minimum atomic E-state index is -0.416. The topological polar surface area (TPSA) is 98.0 Å². The van der Waals surface area contributed by atoms with E-state index in [9.17, 15) is 14.9 Å². The maximum Gasteiger partial charge on any atom is 0.326 e. The summed E-state index contributed by atoms with van der Waals surface area (Å²) in [5.41, 5.74) is 3.01. The Hall–Kier alpha value is -4.09. The molecule has 2 aliphatic heterocycles. The zero-order valence-corrected chi connectivity index (χ0v) is 22.0. The number of allylic oxidation sites excluding steroid dienone is 3. The van der Waals surface area contributed by atoms with Gasteiger partial charge in [0, 0.05) is 18.1 Å². The lowest BCUT2D eigenvalue weighted by Crippen LogP contribution is -2.56. The van der Waals surface area contributed by atoms with Gasteiger partial charge in [0.15, 0.2) is 0 Å². The van der Waals surface area contributed by atoms with Crippen molar-refractivity contribution < 1.29 is 14.3 Å². The number of piperazine rings is 1. The molecule has 8 nitrogen and oxygen atoms in total. The van der Waals surface area contributed by atoms with Gasteiger partial charge in [-0.15, -0.1) is 0 Å². The molecule has 1 saturated heterocycles. The monoisotopic (exact) mass is 529 g/mol. The maximum atomic E-state index is 14.2. The number of amides is 3. The molecule has 2 heterocycles. The highest BCUT2D eigenvalue weighted by atomic mass is 35.5. The zero-order chi connectivity index (χ0) is 26.8. The average Bonchev–Trinajstić information content (AvgIpc) is 3.56. The van der Waals surface area contributed by atoms with Crippen molar-refractivity contribution >= 4 is 29.4 Å². The van der Waals surface area contributed by atoms with E-state index in [1.165, 1.54) is 0 Å². The third-order valence-electron chi connectivity index (χ3n) is 6.69. The first kappa shape index (κ1) is 25.6. The highest BCUT2D eigenvalue weighted by molar-refractivity contribution is 6.30. The molecule has 0 bridgehead atoms. The Morgan fingerprint density at radius 3 is 2.68 bits per heavy atom. The minimum Gasteiger partial charge on any atom is -0.490 e. The zero-order valence-electron chi connectivity index (χ0n) is 21.2. The van der Waals surface area contributed by atoms with Gasteiger partial charge in [-0.05, 0) is 61.7 Å². The standard InChI is InChI=1S/C29H28ClN5O3/c1-18(2)38-24-15-19(16-31)7-12-23(24)28-33-26(20-8-10-22(30)11-9-20)27(21-5-3-4-6-21)35(28)29(37)34-14-13-32-25(36)17-34/h3-5,7-12,15,18,26-27H,6,13-14,17H2,1-2H3,(H,32,36). The van der Waals surface area contributed by atoms with E-state index >= 15 is 0 Å². The summed E-state index contributed by atoms with van der Waals surface area (Å²) in [4.78, 5) is 34.8. The third-order valence-corrected chi connectivity index (χ3v) is 6.94. The first-order valence-electron chi connectivity index (χ1n) is 12.6. The molecule has 1 fully saturated rings. The number of urea groups is 1. The number of aliphatic imine (C=N–C) groups is 1. The number of benzene rings is 2. The number of nitriles is 1. The summed E-state index contributed by atoms with van der Waals surface area (Å²) >= 11 is 6.19. The number of nitrogens with zero attached hydrogens (tertiary/aromatic N) is 4. The van der Waals surface area contributed by atoms with Crippen molar-refractivity contribution in [2.24, 2.45) is 4.99 Å². The van der Waals surface area contributed by atoms with Gasteiger partial charge >= 0.3 is 6.03 Å². The molecular formula is C29H28ClN5O3. The van der Waals surface area contributed by atoms with Crippen molar-refractivity contribution in [2.75, 3.05) is 19.6 Å². The molecule has 0 spiro atoms. The fourth-order valence-corrected chi connectivity index (χ4v) is 5.12. The molecule has 9 heteroatoms. The van der Waals surface area contributed by atoms with Crippen molar-refractivity contribution in [2.45, 2.75) is 38.5 Å². The van der Waals surface area contributed by atoms with Crippen LogP contribution in [0, 0.1) is 11.3 Å². The summed E-state index contributed by atoms with van der Waals surface area (Å²) in [5.74, 6) is 0.719. The van der Waals surface area contributed by atoms with Crippen LogP contribution in [0.1, 0.15) is 43.0 Å². The molecule has 0 radical (unpaired) electrons. The van der Waals surface area contributed by atoms with Gasteiger partial charge in [-0.25, -0.2) is 4.79 Å². The second kappa shape index (κ2) is 10.7. The van der Waals surface area contributed by atoms with Gasteiger partial charge in [0.2, 0.25) is 5.91 Å². The Bertz CT molecular complexity index is 1390. The largest absolute Gasteiger partial charge is 0.490 e. The quantitative estimate of drug-likeness (QED) is 0.611. The Labute approximate surface area is 226 Å². The fraction of sp³-hybridized carbons (Fsp3) is 0.310. The van der Waals surface area contributed by atoms with Crippen molar-refractivity contribution in [3.05, 3.63) is 88.0 Å². The highest BCUT2D eigenvalue weighted by Crippen LogP contribution is 2.41. The number of halogens is 1. The van der Waals surface area contributed by atoms with Gasteiger partial charge in [-0.3, -0.25) is 14.7 Å². The van der Waals surface area contributed by atoms with Gasteiger partial charge in [-0.2, -0.15) is 5.26 Å². The Morgan fingerprint density at radius 1 is 1.24 bits per heavy atom. The van der Waals surface area contributed by atoms with Crippen LogP contribution >= 0.6 is 11.6 Å². The second-order valence-electron chi connectivity index (χ2n) is 9.68. The Kier molecular flexibility index (Phi) is 7.21. The minimum absolute atomic E-state index is 0.0268. The van der Waals surface area contributed by atoms with Crippen molar-refractivity contribution in [1.29, 1.82) is 5.26 Å². The van der Waals surface area contributed by atoms with Gasteiger partial charge in [-0.1, -0.05) is 42.0 Å². The molecule has 3 amide bonds. The fourth-order valence-electron chi connectivity index (χ4n) is 5.00. The molecule has 1 N–H and O–H groups in total. The molecule has 2 atom stereocenters. The normalized spacial score (nSPS) is 20.8. The third kappa shape index (κ3) is 5.02. The molecule has 2 aromatic carbocycles. The van der Waals surface area contributed by atoms with Crippen LogP contribution in [0.2, 0.25) is 5.02 Å². The van der Waals surface area contributed by atoms with Crippen LogP contribution in [0.4, 0.5) is 4.79 Å². The first-order valence-corrected chi connectivity index (χ1v) is 13.0. The van der Waals surface area contributed by atoms with Gasteiger partial charge in [0.1, 0.15) is 24.2 Å². The summed E-state index contributed by atoms with van der Waals surface area (Å²) in [6.07, 6.45) is 6.59. The lowest BCUT2D eigenvalue weighted by Gasteiger charge is -2.36. The summed E-state index contributed by atoms with van der Waals surface area (Å²) in [6.45, 7) is 4.57. The van der Waals surface area contributed by atoms with Crippen LogP contribution < -0.4 is 10.1 Å². The molecule has 38 heavy (non-hydrogen) atoms. The van der Waals surface area contributed by atoms with Crippen molar-refractivity contribution in [1.82, 2.24) is 15.1 Å². The molecule has 2 unspecified atom stereocenters. The van der Waals surface area contributed by atoms with Crippen LogP contribution in [0.15, 0.2) is 71.3 Å². The van der Waals surface area contributed by atoms with Crippen molar-refractivity contribution in [3.8, 4) is 11.8 Å². The predicted octanol–water partition coefficient (Wildman–Crippen LogP) is 4.61. The van der Waals surface area contributed by atoms with E-state index in [-0.39, 0.29) is 24.6 Å². The molecule has 0 saturated carbocycles. The van der Waals surface area contributed by atoms with E-state index in [2.05, 4.69) is 17.5 Å². The van der Waals surface area contributed by atoms with E-state index in [1.54, 1.807) is 28.0 Å². The molecule has 5 rings (SSSR count). The summed E-state index contributed by atoms with van der Waals surface area (Å²) in [7, 11) is 0. The first-order chi connectivity index (χ1) is 18.4. The number of amidine groups is 1. The average molecular weight is 530 g/mol. The maximum absolute atomic E-state index is 14.2. The van der Waals surface area contributed by atoms with E-state index < -0.39 is 12.1 Å². The van der Waals surface area contributed by atoms with E-state index in [0.29, 0.717) is 47.2 Å². The van der Waals surface area contributed by atoms with Crippen LogP contribution in [0.25, 0.3) is 0 Å². The molecule has 3 aliphatic rings. The molecule has 194 valence electrons. The molecule has 1 aliphatic carbocycles. The van der Waals surface area contributed by atoms with E-state index in [4.69, 9.17) is 21.3 Å². The van der Waals surface area contributed by atoms with Crippen LogP contribution in [0.5, 0.6) is 5.75 Å². The van der Waals surface area contributed by atoms with Gasteiger partial charge in [0.25, 0.3) is 0 Å². The Balaban J connectivity index is 1.68. The molecular weight excluding hydrogens is 502 g/mol. The number of ether oxygens (including phenoxy) is 1. The summed E-state index contributed by atoms with van der Waals surface area (Å²) in [6, 6.07) is 13.7. The van der Waals surface area contributed by atoms with E-state index in [0.717, 1.165) is 11.1 Å². The van der Waals surface area contributed by atoms with Gasteiger partial charge < -0.3 is 15.0 Å². The van der Waals surface area contributed by atoms with Crippen LogP contribution in [0.3, 0.4) is 0 Å². The SMILES string of the molecule is CC(C)Oc1cc(C#N)ccc1C1=NC(c2ccc(Cl)cc2)C(C2=CC=CC2)N1C(=O)N1CCNC(=O)C1. The van der Waals surface area contributed by atoms with Crippen LogP contribution in [-0.2, 0) is 4.79 Å². The lowest BCUT2D eigenvalue weighted by atomic mass is 9.93. The number of carbonyl (C=O) groups excluding carboxylic acids is 2. The lowest BCUT2D eigenvalue weighted by molar-refractivity contribution is -0.123. The van der Waals surface area contributed by atoms with Crippen molar-refractivity contribution in [3.63, 3.8) is 0 Å².